The van der Waals surface area contributed by atoms with Crippen molar-refractivity contribution >= 4 is 23.5 Å². The molecule has 3 N–H and O–H groups in total. The van der Waals surface area contributed by atoms with Gasteiger partial charge in [-0.2, -0.15) is 10.4 Å². The number of aryl methyl sites for hydroxylation is 2. The Morgan fingerprint density at radius 2 is 1.87 bits per heavy atom. The van der Waals surface area contributed by atoms with E-state index in [0.717, 1.165) is 16.7 Å². The molecule has 0 radical (unpaired) electrons. The molecule has 10 nitrogen and oxygen atoms in total. The molecule has 0 aliphatic heterocycles. The van der Waals surface area contributed by atoms with Crippen molar-refractivity contribution in [1.29, 1.82) is 5.26 Å². The van der Waals surface area contributed by atoms with Crippen LogP contribution in [0, 0.1) is 25.2 Å². The minimum Gasteiger partial charge on any atom is -0.481 e. The van der Waals surface area contributed by atoms with Crippen LogP contribution >= 0.6 is 0 Å². The van der Waals surface area contributed by atoms with Gasteiger partial charge in [-0.05, 0) is 49.1 Å². The Morgan fingerprint density at radius 1 is 1.23 bits per heavy atom. The fourth-order valence-corrected chi connectivity index (χ4v) is 2.76. The number of esters is 1. The molecule has 2 aromatic rings. The van der Waals surface area contributed by atoms with Gasteiger partial charge in [-0.25, -0.2) is 14.6 Å². The zero-order chi connectivity index (χ0) is 23.1. The first kappa shape index (κ1) is 23.2. The highest BCUT2D eigenvalue weighted by Gasteiger charge is 2.16. The molecule has 2 rings (SSSR count). The minimum absolute atomic E-state index is 0.202. The first-order valence-corrected chi connectivity index (χ1v) is 9.24. The summed E-state index contributed by atoms with van der Waals surface area (Å²) in [4.78, 5) is 26.5. The molecule has 0 spiro atoms. The summed E-state index contributed by atoms with van der Waals surface area (Å²) in [5.41, 5.74) is 9.67. The molecule has 0 fully saturated rings. The van der Waals surface area contributed by atoms with Crippen molar-refractivity contribution in [3.8, 4) is 23.4 Å². The van der Waals surface area contributed by atoms with Crippen molar-refractivity contribution in [2.75, 3.05) is 12.5 Å². The predicted octanol–water partition coefficient (Wildman–Crippen LogP) is 3.54. The highest BCUT2D eigenvalue weighted by Crippen LogP contribution is 2.34. The molecule has 0 atom stereocenters. The van der Waals surface area contributed by atoms with Crippen LogP contribution in [0.1, 0.15) is 36.5 Å². The van der Waals surface area contributed by atoms with E-state index in [9.17, 15) is 9.59 Å². The third kappa shape index (κ3) is 5.93. The van der Waals surface area contributed by atoms with Crippen molar-refractivity contribution in [3.05, 3.63) is 41.1 Å². The molecule has 0 saturated carbocycles. The lowest BCUT2D eigenvalue weighted by Crippen LogP contribution is -2.24. The molecule has 0 unspecified atom stereocenters. The van der Waals surface area contributed by atoms with Crippen molar-refractivity contribution in [3.63, 3.8) is 0 Å². The summed E-state index contributed by atoms with van der Waals surface area (Å²) in [6.07, 6.45) is 0.263. The predicted molar refractivity (Wildman–Crippen MR) is 113 cm³/mol. The Labute approximate surface area is 179 Å². The number of carbonyl (C=O) groups is 2. The maximum Gasteiger partial charge on any atom is 0.412 e. The van der Waals surface area contributed by atoms with Gasteiger partial charge in [0.1, 0.15) is 17.6 Å². The van der Waals surface area contributed by atoms with Crippen molar-refractivity contribution in [2.24, 2.45) is 10.8 Å². The number of methoxy groups -OCH3 is 1. The molecule has 0 bridgehead atoms. The van der Waals surface area contributed by atoms with E-state index in [1.54, 1.807) is 25.4 Å². The van der Waals surface area contributed by atoms with E-state index in [-0.39, 0.29) is 5.92 Å². The maximum atomic E-state index is 11.6. The summed E-state index contributed by atoms with van der Waals surface area (Å²) in [6, 6.07) is 6.87. The number of benzene rings is 1. The van der Waals surface area contributed by atoms with E-state index in [1.807, 2.05) is 33.8 Å². The largest absolute Gasteiger partial charge is 0.481 e. The average molecular weight is 425 g/mol. The summed E-state index contributed by atoms with van der Waals surface area (Å²) in [5, 5.41) is 12.7. The highest BCUT2D eigenvalue weighted by molar-refractivity contribution is 6.44. The number of hydrogen-bond acceptors (Lipinski definition) is 9. The van der Waals surface area contributed by atoms with Gasteiger partial charge in [-0.1, -0.05) is 13.8 Å². The third-order valence-electron chi connectivity index (χ3n) is 4.14. The van der Waals surface area contributed by atoms with Gasteiger partial charge in [-0.3, -0.25) is 5.43 Å². The van der Waals surface area contributed by atoms with Crippen LogP contribution in [0.5, 0.6) is 17.4 Å². The van der Waals surface area contributed by atoms with Crippen LogP contribution in [-0.2, 0) is 9.53 Å². The molecular weight excluding hydrogens is 402 g/mol. The summed E-state index contributed by atoms with van der Waals surface area (Å²) < 4.78 is 15.5. The smallest absolute Gasteiger partial charge is 0.412 e. The Hall–Kier alpha value is -4.13. The lowest BCUT2D eigenvalue weighted by molar-refractivity contribution is -0.129. The maximum absolute atomic E-state index is 11.6. The molecule has 10 heteroatoms. The topological polar surface area (TPSA) is 149 Å². The molecule has 31 heavy (non-hydrogen) atoms. The number of hydrazone groups is 1. The number of ether oxygens (including phenoxy) is 3. The molecule has 1 amide bonds. The molecular formula is C21H23N5O5. The van der Waals surface area contributed by atoms with Crippen LogP contribution in [-0.4, -0.2) is 29.9 Å². The average Bonchev–Trinajstić information content (AvgIpc) is 2.70. The van der Waals surface area contributed by atoms with Gasteiger partial charge in [0, 0.05) is 5.56 Å². The molecule has 1 heterocycles. The van der Waals surface area contributed by atoms with Gasteiger partial charge < -0.3 is 19.9 Å². The Morgan fingerprint density at radius 3 is 2.39 bits per heavy atom. The second-order valence-corrected chi connectivity index (χ2v) is 6.86. The Bertz CT molecular complexity index is 1050. The van der Waals surface area contributed by atoms with E-state index in [1.165, 1.54) is 6.07 Å². The number of aromatic nitrogens is 1. The lowest BCUT2D eigenvalue weighted by atomic mass is 10.0. The molecule has 0 saturated heterocycles. The summed E-state index contributed by atoms with van der Waals surface area (Å²) in [7, 11) is 1.57. The van der Waals surface area contributed by atoms with E-state index in [2.05, 4.69) is 20.2 Å². The summed E-state index contributed by atoms with van der Waals surface area (Å²) in [6.45, 7) is 7.75. The number of nitrogens with zero attached hydrogens (tertiary/aromatic N) is 3. The van der Waals surface area contributed by atoms with Crippen molar-refractivity contribution in [2.45, 2.75) is 33.6 Å². The van der Waals surface area contributed by atoms with Crippen LogP contribution < -0.4 is 20.6 Å². The van der Waals surface area contributed by atoms with Gasteiger partial charge in [-0.15, -0.1) is 0 Å². The number of hydrogen-bond donors (Lipinski definition) is 2. The molecule has 1 aromatic heterocycles. The number of primary amides is 1. The number of carbonyl (C=O) groups excluding carboxylic acids is 2. The van der Waals surface area contributed by atoms with Crippen LogP contribution in [0.15, 0.2) is 29.5 Å². The monoisotopic (exact) mass is 425 g/mol. The first-order chi connectivity index (χ1) is 14.7. The normalized spacial score (nSPS) is 10.9. The number of anilines is 1. The standard InChI is InChI=1S/C21H23N5O5/c1-11(2)16-8-15(10-24-19(16)29-5)30-18-12(3)6-14(7-13(18)4)25-26-17(9-22)20(27)31-21(23)28/h6-8,10-11,25H,1-5H3,(H2,23,28). The summed E-state index contributed by atoms with van der Waals surface area (Å²) >= 11 is 0. The van der Waals surface area contributed by atoms with Crippen LogP contribution in [0.4, 0.5) is 10.5 Å². The second kappa shape index (κ2) is 10.1. The van der Waals surface area contributed by atoms with E-state index in [4.69, 9.17) is 20.5 Å². The van der Waals surface area contributed by atoms with Crippen LogP contribution in [0.3, 0.4) is 0 Å². The number of nitrogens with two attached hydrogens (primary N) is 1. The number of pyridine rings is 1. The zero-order valence-corrected chi connectivity index (χ0v) is 17.8. The van der Waals surface area contributed by atoms with E-state index < -0.39 is 17.8 Å². The van der Waals surface area contributed by atoms with Gasteiger partial charge in [0.15, 0.2) is 0 Å². The Kier molecular flexibility index (Phi) is 7.52. The van der Waals surface area contributed by atoms with Gasteiger partial charge >= 0.3 is 12.1 Å². The molecule has 0 aliphatic carbocycles. The molecule has 1 aromatic carbocycles. The molecule has 0 aliphatic rings. The third-order valence-corrected chi connectivity index (χ3v) is 4.14. The fourth-order valence-electron chi connectivity index (χ4n) is 2.76. The van der Waals surface area contributed by atoms with E-state index >= 15 is 0 Å². The first-order valence-electron chi connectivity index (χ1n) is 9.24. The minimum atomic E-state index is -1.32. The van der Waals surface area contributed by atoms with Crippen molar-refractivity contribution in [1.82, 2.24) is 4.98 Å². The fraction of sp³-hybridized carbons (Fsp3) is 0.286. The van der Waals surface area contributed by atoms with Crippen LogP contribution in [0.2, 0.25) is 0 Å². The lowest BCUT2D eigenvalue weighted by Gasteiger charge is -2.16. The molecule has 162 valence electrons. The SMILES string of the molecule is COc1ncc(Oc2c(C)cc(NN=C(C#N)C(=O)OC(N)=O)cc2C)cc1C(C)C. The van der Waals surface area contributed by atoms with Gasteiger partial charge in [0.2, 0.25) is 11.6 Å². The number of rotatable bonds is 7. The van der Waals surface area contributed by atoms with Gasteiger partial charge in [0.25, 0.3) is 0 Å². The van der Waals surface area contributed by atoms with Crippen molar-refractivity contribution < 1.29 is 23.8 Å². The quantitative estimate of drug-likeness (QED) is 0.296. The highest BCUT2D eigenvalue weighted by atomic mass is 16.6. The van der Waals surface area contributed by atoms with Crippen LogP contribution in [0.25, 0.3) is 0 Å². The van der Waals surface area contributed by atoms with Gasteiger partial charge in [0.05, 0.1) is 19.0 Å². The Balaban J connectivity index is 2.26. The number of nitriles is 1. The number of nitrogens with one attached hydrogen (secondary N) is 1. The summed E-state index contributed by atoms with van der Waals surface area (Å²) in [5.74, 6) is 0.702. The number of amides is 1. The second-order valence-electron chi connectivity index (χ2n) is 6.86. The van der Waals surface area contributed by atoms with E-state index in [0.29, 0.717) is 23.1 Å². The zero-order valence-electron chi connectivity index (χ0n) is 17.8.